The van der Waals surface area contributed by atoms with Crippen LogP contribution in [0.2, 0.25) is 0 Å². The molecule has 1 aliphatic carbocycles. The van der Waals surface area contributed by atoms with Crippen molar-refractivity contribution in [3.05, 3.63) is 46.7 Å². The molecule has 0 radical (unpaired) electrons. The number of ether oxygens (including phenoxy) is 1. The molecule has 3 aliphatic rings. The minimum Gasteiger partial charge on any atom is -0.463 e. The van der Waals surface area contributed by atoms with Gasteiger partial charge in [-0.15, -0.1) is 0 Å². The van der Waals surface area contributed by atoms with E-state index in [1.807, 2.05) is 36.1 Å². The van der Waals surface area contributed by atoms with Crippen molar-refractivity contribution in [2.45, 2.75) is 45.6 Å². The van der Waals surface area contributed by atoms with Crippen LogP contribution in [0.3, 0.4) is 0 Å². The highest BCUT2D eigenvalue weighted by Gasteiger charge is 2.38. The fourth-order valence-electron chi connectivity index (χ4n) is 5.18. The van der Waals surface area contributed by atoms with Gasteiger partial charge in [-0.1, -0.05) is 42.7 Å². The van der Waals surface area contributed by atoms with Crippen molar-refractivity contribution in [3.63, 3.8) is 0 Å². The molecular weight excluding hydrogens is 432 g/mol. The second-order valence-electron chi connectivity index (χ2n) is 9.52. The van der Waals surface area contributed by atoms with E-state index in [0.29, 0.717) is 44.0 Å². The molecule has 0 unspecified atom stereocenters. The van der Waals surface area contributed by atoms with Crippen molar-refractivity contribution in [1.82, 2.24) is 20.0 Å². The summed E-state index contributed by atoms with van der Waals surface area (Å²) >= 11 is 0. The lowest BCUT2D eigenvalue weighted by Crippen LogP contribution is -2.53. The zero-order valence-electron chi connectivity index (χ0n) is 20.5. The molecular formula is C26H36N4O4. The maximum absolute atomic E-state index is 13.1. The molecule has 8 nitrogen and oxygen atoms in total. The van der Waals surface area contributed by atoms with Crippen molar-refractivity contribution in [1.29, 1.82) is 0 Å². The van der Waals surface area contributed by atoms with E-state index < -0.39 is 12.0 Å². The zero-order chi connectivity index (χ0) is 24.2. The van der Waals surface area contributed by atoms with Crippen LogP contribution in [0.5, 0.6) is 0 Å². The number of aryl methyl sites for hydroxylation is 1. The maximum atomic E-state index is 13.1. The van der Waals surface area contributed by atoms with Crippen LogP contribution < -0.4 is 5.32 Å². The van der Waals surface area contributed by atoms with Gasteiger partial charge in [0.25, 0.3) is 0 Å². The van der Waals surface area contributed by atoms with Gasteiger partial charge < -0.3 is 15.0 Å². The maximum Gasteiger partial charge on any atom is 0.338 e. The highest BCUT2D eigenvalue weighted by molar-refractivity contribution is 5.95. The van der Waals surface area contributed by atoms with Gasteiger partial charge in [0.05, 0.1) is 18.2 Å². The van der Waals surface area contributed by atoms with Crippen LogP contribution in [0.25, 0.3) is 0 Å². The second kappa shape index (κ2) is 10.6. The summed E-state index contributed by atoms with van der Waals surface area (Å²) in [4.78, 5) is 44.5. The van der Waals surface area contributed by atoms with Crippen molar-refractivity contribution in [3.8, 4) is 0 Å². The highest BCUT2D eigenvalue weighted by Crippen LogP contribution is 2.32. The first kappa shape index (κ1) is 24.3. The Morgan fingerprint density at radius 1 is 1.06 bits per heavy atom. The van der Waals surface area contributed by atoms with E-state index in [2.05, 4.69) is 10.2 Å². The highest BCUT2D eigenvalue weighted by atomic mass is 16.5. The van der Waals surface area contributed by atoms with E-state index in [-0.39, 0.29) is 24.5 Å². The number of benzene rings is 1. The Morgan fingerprint density at radius 3 is 2.32 bits per heavy atom. The predicted molar refractivity (Wildman–Crippen MR) is 129 cm³/mol. The van der Waals surface area contributed by atoms with Gasteiger partial charge >= 0.3 is 12.0 Å². The summed E-state index contributed by atoms with van der Waals surface area (Å²) in [5.41, 5.74) is 3.08. The van der Waals surface area contributed by atoms with E-state index in [0.717, 1.165) is 36.8 Å². The molecule has 0 aromatic heterocycles. The van der Waals surface area contributed by atoms with Crippen molar-refractivity contribution in [2.75, 3.05) is 46.4 Å². The Hall–Kier alpha value is -2.87. The molecule has 0 spiro atoms. The topological polar surface area (TPSA) is 82.2 Å². The average molecular weight is 469 g/mol. The number of urea groups is 1. The number of nitrogens with one attached hydrogen (secondary N) is 1. The summed E-state index contributed by atoms with van der Waals surface area (Å²) in [6.45, 7) is 7.27. The van der Waals surface area contributed by atoms with E-state index in [9.17, 15) is 14.4 Å². The molecule has 0 bridgehead atoms. The molecule has 1 aromatic rings. The average Bonchev–Trinajstić information content (AvgIpc) is 3.37. The van der Waals surface area contributed by atoms with Crippen molar-refractivity contribution < 1.29 is 19.1 Å². The van der Waals surface area contributed by atoms with Gasteiger partial charge in [0.15, 0.2) is 0 Å². The fraction of sp³-hybridized carbons (Fsp3) is 0.577. The summed E-state index contributed by atoms with van der Waals surface area (Å²) in [6.07, 6.45) is 4.32. The molecule has 1 saturated carbocycles. The molecule has 34 heavy (non-hydrogen) atoms. The Balaban J connectivity index is 1.55. The monoisotopic (exact) mass is 468 g/mol. The van der Waals surface area contributed by atoms with Crippen LogP contribution in [0, 0.1) is 12.8 Å². The molecule has 1 N–H and O–H groups in total. The SMILES string of the molecule is CCOC(=O)C1=C(CN2CCN(C(=O)C3CCCC3)CC2)N(C)C(=O)N[C@H]1c1ccc(C)cc1. The number of hydrogen-bond donors (Lipinski definition) is 1. The lowest BCUT2D eigenvalue weighted by molar-refractivity contribution is -0.139. The van der Waals surface area contributed by atoms with Crippen LogP contribution in [0.4, 0.5) is 4.79 Å². The molecule has 2 aliphatic heterocycles. The number of amides is 3. The van der Waals surface area contributed by atoms with E-state index in [4.69, 9.17) is 4.74 Å². The fourth-order valence-corrected chi connectivity index (χ4v) is 5.18. The molecule has 2 fully saturated rings. The third-order valence-corrected chi connectivity index (χ3v) is 7.24. The van der Waals surface area contributed by atoms with Gasteiger partial charge in [-0.3, -0.25) is 14.6 Å². The molecule has 2 heterocycles. The summed E-state index contributed by atoms with van der Waals surface area (Å²) in [7, 11) is 1.69. The number of likely N-dealkylation sites (N-methyl/N-ethyl adjacent to an activating group) is 1. The smallest absolute Gasteiger partial charge is 0.338 e. The lowest BCUT2D eigenvalue weighted by Gasteiger charge is -2.40. The molecule has 8 heteroatoms. The van der Waals surface area contributed by atoms with Crippen LogP contribution >= 0.6 is 0 Å². The first-order chi connectivity index (χ1) is 16.4. The van der Waals surface area contributed by atoms with Gasteiger partial charge in [-0.2, -0.15) is 0 Å². The van der Waals surface area contributed by atoms with E-state index in [1.54, 1.807) is 14.0 Å². The lowest BCUT2D eigenvalue weighted by atomic mass is 9.93. The second-order valence-corrected chi connectivity index (χ2v) is 9.52. The summed E-state index contributed by atoms with van der Waals surface area (Å²) < 4.78 is 5.42. The Morgan fingerprint density at radius 2 is 1.71 bits per heavy atom. The summed E-state index contributed by atoms with van der Waals surface area (Å²) in [5, 5.41) is 2.97. The standard InChI is InChI=1S/C26H36N4O4/c1-4-34-25(32)22-21(28(3)26(33)27-23(22)19-11-9-18(2)10-12-19)17-29-13-15-30(16-14-29)24(31)20-7-5-6-8-20/h9-12,20,23H,4-8,13-17H2,1-3H3,(H,27,33)/t23-/m0/s1. The first-order valence-corrected chi connectivity index (χ1v) is 12.4. The van der Waals surface area contributed by atoms with Crippen molar-refractivity contribution in [2.24, 2.45) is 5.92 Å². The van der Waals surface area contributed by atoms with Gasteiger partial charge in [-0.05, 0) is 32.3 Å². The number of esters is 1. The third-order valence-electron chi connectivity index (χ3n) is 7.24. The normalized spacial score (nSPS) is 22.2. The van der Waals surface area contributed by atoms with E-state index in [1.165, 1.54) is 4.90 Å². The number of carbonyl (C=O) groups is 3. The molecule has 1 aromatic carbocycles. The first-order valence-electron chi connectivity index (χ1n) is 12.4. The van der Waals surface area contributed by atoms with Crippen LogP contribution in [-0.2, 0) is 14.3 Å². The van der Waals surface area contributed by atoms with Gasteiger partial charge in [0.1, 0.15) is 0 Å². The Kier molecular flexibility index (Phi) is 7.56. The van der Waals surface area contributed by atoms with Crippen LogP contribution in [-0.4, -0.2) is 79.0 Å². The van der Waals surface area contributed by atoms with Crippen molar-refractivity contribution >= 4 is 17.9 Å². The summed E-state index contributed by atoms with van der Waals surface area (Å²) in [5.74, 6) is 0.0651. The number of hydrogen-bond acceptors (Lipinski definition) is 5. The predicted octanol–water partition coefficient (Wildman–Crippen LogP) is 2.84. The molecule has 3 amide bonds. The Bertz CT molecular complexity index is 944. The van der Waals surface area contributed by atoms with Crippen LogP contribution in [0.1, 0.15) is 49.8 Å². The van der Waals surface area contributed by atoms with Gasteiger partial charge in [-0.25, -0.2) is 9.59 Å². The molecule has 1 atom stereocenters. The van der Waals surface area contributed by atoms with E-state index >= 15 is 0 Å². The minimum atomic E-state index is -0.566. The Labute approximate surface area is 201 Å². The third kappa shape index (κ3) is 5.12. The number of piperazine rings is 1. The molecule has 184 valence electrons. The number of rotatable bonds is 6. The minimum absolute atomic E-state index is 0.188. The summed E-state index contributed by atoms with van der Waals surface area (Å²) in [6, 6.07) is 7.02. The van der Waals surface area contributed by atoms with Crippen LogP contribution in [0.15, 0.2) is 35.5 Å². The number of nitrogens with zero attached hydrogens (tertiary/aromatic N) is 3. The largest absolute Gasteiger partial charge is 0.463 e. The molecule has 1 saturated heterocycles. The zero-order valence-corrected chi connectivity index (χ0v) is 20.5. The quantitative estimate of drug-likeness (QED) is 0.650. The number of carbonyl (C=O) groups excluding carboxylic acids is 3. The molecule has 4 rings (SSSR count). The van der Waals surface area contributed by atoms with Gasteiger partial charge in [0.2, 0.25) is 5.91 Å². The van der Waals surface area contributed by atoms with Gasteiger partial charge in [0, 0.05) is 51.4 Å².